The number of benzene rings is 1. The summed E-state index contributed by atoms with van der Waals surface area (Å²) < 4.78 is 4.71. The van der Waals surface area contributed by atoms with E-state index in [1.807, 2.05) is 6.07 Å². The van der Waals surface area contributed by atoms with Crippen molar-refractivity contribution in [3.63, 3.8) is 0 Å². The summed E-state index contributed by atoms with van der Waals surface area (Å²) in [5.74, 6) is 0.373. The zero-order chi connectivity index (χ0) is 13.1. The molecule has 1 aliphatic carbocycles. The molecule has 4 heteroatoms. The number of methoxy groups -OCH3 is 1. The Kier molecular flexibility index (Phi) is 4.12. The van der Waals surface area contributed by atoms with Crippen molar-refractivity contribution in [2.24, 2.45) is 5.92 Å². The van der Waals surface area contributed by atoms with E-state index in [4.69, 9.17) is 16.3 Å². The lowest BCUT2D eigenvalue weighted by molar-refractivity contribution is 0.0601. The summed E-state index contributed by atoms with van der Waals surface area (Å²) in [6.07, 6.45) is 3.61. The van der Waals surface area contributed by atoms with E-state index in [0.717, 1.165) is 11.6 Å². The van der Waals surface area contributed by atoms with Crippen LogP contribution in [0.15, 0.2) is 18.2 Å². The third-order valence-corrected chi connectivity index (χ3v) is 3.77. The van der Waals surface area contributed by atoms with Crippen LogP contribution < -0.4 is 5.32 Å². The van der Waals surface area contributed by atoms with Crippen LogP contribution in [0.3, 0.4) is 0 Å². The zero-order valence-electron chi connectivity index (χ0n) is 10.7. The average Bonchev–Trinajstić information content (AvgIpc) is 2.76. The van der Waals surface area contributed by atoms with E-state index in [1.54, 1.807) is 12.1 Å². The second-order valence-corrected chi connectivity index (χ2v) is 5.35. The van der Waals surface area contributed by atoms with Gasteiger partial charge >= 0.3 is 5.97 Å². The monoisotopic (exact) mass is 267 g/mol. The average molecular weight is 268 g/mol. The molecule has 3 nitrogen and oxygen atoms in total. The maximum Gasteiger partial charge on any atom is 0.339 e. The lowest BCUT2D eigenvalue weighted by Crippen LogP contribution is -2.15. The van der Waals surface area contributed by atoms with E-state index >= 15 is 0 Å². The smallest absolute Gasteiger partial charge is 0.339 e. The van der Waals surface area contributed by atoms with Gasteiger partial charge in [0, 0.05) is 11.7 Å². The van der Waals surface area contributed by atoms with Gasteiger partial charge in [0.15, 0.2) is 0 Å². The standard InChI is InChI=1S/C14H18ClNO2/c1-9-3-4-10(7-9)16-11-5-6-13(15)12(8-11)14(17)18-2/h5-6,8-10,16H,3-4,7H2,1-2H3. The lowest BCUT2D eigenvalue weighted by atomic mass is 10.1. The molecular formula is C14H18ClNO2. The topological polar surface area (TPSA) is 38.3 Å². The van der Waals surface area contributed by atoms with Crippen LogP contribution in [0.5, 0.6) is 0 Å². The van der Waals surface area contributed by atoms with Crippen molar-refractivity contribution in [3.05, 3.63) is 28.8 Å². The van der Waals surface area contributed by atoms with Crippen LogP contribution in [0.4, 0.5) is 5.69 Å². The number of nitrogens with one attached hydrogen (secondary N) is 1. The highest BCUT2D eigenvalue weighted by Gasteiger charge is 2.21. The second-order valence-electron chi connectivity index (χ2n) is 4.95. The zero-order valence-corrected chi connectivity index (χ0v) is 11.5. The number of hydrogen-bond donors (Lipinski definition) is 1. The third kappa shape index (κ3) is 2.96. The van der Waals surface area contributed by atoms with Crippen LogP contribution in [-0.2, 0) is 4.74 Å². The summed E-state index contributed by atoms with van der Waals surface area (Å²) in [5.41, 5.74) is 1.34. The fourth-order valence-electron chi connectivity index (χ4n) is 2.46. The van der Waals surface area contributed by atoms with Crippen molar-refractivity contribution in [1.82, 2.24) is 0 Å². The van der Waals surface area contributed by atoms with Gasteiger partial charge in [-0.3, -0.25) is 0 Å². The van der Waals surface area contributed by atoms with Crippen LogP contribution in [0.25, 0.3) is 0 Å². The number of carbonyl (C=O) groups excluding carboxylic acids is 1. The van der Waals surface area contributed by atoms with E-state index < -0.39 is 5.97 Å². The van der Waals surface area contributed by atoms with Crippen molar-refractivity contribution < 1.29 is 9.53 Å². The quantitative estimate of drug-likeness (QED) is 0.848. The maximum absolute atomic E-state index is 11.5. The molecule has 0 saturated heterocycles. The Morgan fingerprint density at radius 3 is 2.83 bits per heavy atom. The Morgan fingerprint density at radius 1 is 1.44 bits per heavy atom. The molecule has 1 aromatic rings. The van der Waals surface area contributed by atoms with Gasteiger partial charge < -0.3 is 10.1 Å². The third-order valence-electron chi connectivity index (χ3n) is 3.44. The molecule has 0 bridgehead atoms. The van der Waals surface area contributed by atoms with Gasteiger partial charge in [0.25, 0.3) is 0 Å². The first kappa shape index (κ1) is 13.2. The predicted octanol–water partition coefficient (Wildman–Crippen LogP) is 3.73. The summed E-state index contributed by atoms with van der Waals surface area (Å²) in [5, 5.41) is 3.87. The minimum absolute atomic E-state index is 0.400. The molecule has 1 N–H and O–H groups in total. The Labute approximate surface area is 112 Å². The number of anilines is 1. The molecule has 1 aromatic carbocycles. The summed E-state index contributed by atoms with van der Waals surface area (Å²) >= 11 is 5.98. The van der Waals surface area contributed by atoms with Crippen LogP contribution >= 0.6 is 11.6 Å². The molecular weight excluding hydrogens is 250 g/mol. The summed E-state index contributed by atoms with van der Waals surface area (Å²) in [6.45, 7) is 2.27. The van der Waals surface area contributed by atoms with Gasteiger partial charge in [0.1, 0.15) is 0 Å². The Balaban J connectivity index is 2.12. The minimum Gasteiger partial charge on any atom is -0.465 e. The molecule has 1 aliphatic rings. The largest absolute Gasteiger partial charge is 0.465 e. The highest BCUT2D eigenvalue weighted by molar-refractivity contribution is 6.33. The molecule has 0 amide bonds. The molecule has 0 radical (unpaired) electrons. The molecule has 98 valence electrons. The molecule has 2 rings (SSSR count). The first-order valence-electron chi connectivity index (χ1n) is 6.24. The fraction of sp³-hybridized carbons (Fsp3) is 0.500. The Morgan fingerprint density at radius 2 is 2.22 bits per heavy atom. The molecule has 1 saturated carbocycles. The number of carbonyl (C=O) groups is 1. The second kappa shape index (κ2) is 5.61. The lowest BCUT2D eigenvalue weighted by Gasteiger charge is -2.15. The highest BCUT2D eigenvalue weighted by atomic mass is 35.5. The van der Waals surface area contributed by atoms with Gasteiger partial charge in [-0.1, -0.05) is 18.5 Å². The van der Waals surface area contributed by atoms with Crippen molar-refractivity contribution in [2.45, 2.75) is 32.2 Å². The van der Waals surface area contributed by atoms with E-state index in [1.165, 1.54) is 26.4 Å². The van der Waals surface area contributed by atoms with Crippen LogP contribution in [0.1, 0.15) is 36.5 Å². The van der Waals surface area contributed by atoms with E-state index in [-0.39, 0.29) is 0 Å². The van der Waals surface area contributed by atoms with Crippen LogP contribution in [0, 0.1) is 5.92 Å². The van der Waals surface area contributed by atoms with Crippen molar-refractivity contribution in [2.75, 3.05) is 12.4 Å². The van der Waals surface area contributed by atoms with Crippen LogP contribution in [0.2, 0.25) is 5.02 Å². The van der Waals surface area contributed by atoms with Gasteiger partial charge in [-0.15, -0.1) is 0 Å². The number of hydrogen-bond acceptors (Lipinski definition) is 3. The predicted molar refractivity (Wildman–Crippen MR) is 73.2 cm³/mol. The Bertz CT molecular complexity index is 447. The van der Waals surface area contributed by atoms with Gasteiger partial charge in [-0.05, 0) is 43.4 Å². The van der Waals surface area contributed by atoms with Gasteiger partial charge in [0.2, 0.25) is 0 Å². The summed E-state index contributed by atoms with van der Waals surface area (Å²) in [4.78, 5) is 11.5. The molecule has 0 spiro atoms. The van der Waals surface area contributed by atoms with Gasteiger partial charge in [0.05, 0.1) is 17.7 Å². The molecule has 1 fully saturated rings. The van der Waals surface area contributed by atoms with Gasteiger partial charge in [-0.25, -0.2) is 4.79 Å². The maximum atomic E-state index is 11.5. The SMILES string of the molecule is COC(=O)c1cc(NC2CCC(C)C2)ccc1Cl. The molecule has 0 heterocycles. The van der Waals surface area contributed by atoms with Crippen molar-refractivity contribution >= 4 is 23.3 Å². The summed E-state index contributed by atoms with van der Waals surface area (Å²) in [7, 11) is 1.36. The fourth-order valence-corrected chi connectivity index (χ4v) is 2.65. The normalized spacial score (nSPS) is 22.8. The van der Waals surface area contributed by atoms with E-state index in [9.17, 15) is 4.79 Å². The molecule has 0 aliphatic heterocycles. The number of ether oxygens (including phenoxy) is 1. The van der Waals surface area contributed by atoms with Crippen molar-refractivity contribution in [3.8, 4) is 0 Å². The van der Waals surface area contributed by atoms with Crippen LogP contribution in [-0.4, -0.2) is 19.1 Å². The van der Waals surface area contributed by atoms with E-state index in [0.29, 0.717) is 16.6 Å². The highest BCUT2D eigenvalue weighted by Crippen LogP contribution is 2.29. The number of esters is 1. The summed E-state index contributed by atoms with van der Waals surface area (Å²) in [6, 6.07) is 5.88. The molecule has 2 atom stereocenters. The van der Waals surface area contributed by atoms with E-state index in [2.05, 4.69) is 12.2 Å². The molecule has 0 aromatic heterocycles. The first-order valence-corrected chi connectivity index (χ1v) is 6.62. The molecule has 2 unspecified atom stereocenters. The first-order chi connectivity index (χ1) is 8.60. The number of halogens is 1. The minimum atomic E-state index is -0.400. The number of rotatable bonds is 3. The van der Waals surface area contributed by atoms with Gasteiger partial charge in [-0.2, -0.15) is 0 Å². The molecule has 18 heavy (non-hydrogen) atoms. The Hall–Kier alpha value is -1.22. The van der Waals surface area contributed by atoms with Crippen molar-refractivity contribution in [1.29, 1.82) is 0 Å².